The van der Waals surface area contributed by atoms with Crippen molar-refractivity contribution in [1.29, 1.82) is 0 Å². The lowest BCUT2D eigenvalue weighted by Gasteiger charge is -1.98. The first-order valence-corrected chi connectivity index (χ1v) is 4.03. The molecule has 6 heteroatoms. The van der Waals surface area contributed by atoms with Gasteiger partial charge in [-0.25, -0.2) is 4.79 Å². The number of nitro groups is 1. The maximum absolute atomic E-state index is 10.7. The van der Waals surface area contributed by atoms with Crippen LogP contribution in [0.5, 0.6) is 0 Å². The number of carbonyl (C=O) groups is 2. The normalized spacial score (nSPS) is 8.75. The maximum Gasteiger partial charge on any atom is 0.342 e. The van der Waals surface area contributed by atoms with Crippen LogP contribution in [0.25, 0.3) is 0 Å². The monoisotopic (exact) mass is 219 g/mol. The largest absolute Gasteiger partial charge is 0.477 e. The average molecular weight is 219 g/mol. The molecule has 0 heterocycles. The molecule has 1 N–H and O–H groups in total. The lowest BCUT2D eigenvalue weighted by Crippen LogP contribution is -2.02. The summed E-state index contributed by atoms with van der Waals surface area (Å²) in [7, 11) is 0. The van der Waals surface area contributed by atoms with Crippen molar-refractivity contribution in [3.05, 3.63) is 39.4 Å². The maximum atomic E-state index is 10.7. The van der Waals surface area contributed by atoms with Crippen molar-refractivity contribution in [1.82, 2.24) is 0 Å². The van der Waals surface area contributed by atoms with Gasteiger partial charge in [0.05, 0.1) is 4.92 Å². The predicted octanol–water partition coefficient (Wildman–Crippen LogP) is 0.843. The lowest BCUT2D eigenvalue weighted by molar-refractivity contribution is -0.385. The topological polar surface area (TPSA) is 97.5 Å². The zero-order chi connectivity index (χ0) is 12.1. The summed E-state index contributed by atoms with van der Waals surface area (Å²) in [5.41, 5.74) is -0.734. The number of benzene rings is 1. The molecule has 0 saturated heterocycles. The van der Waals surface area contributed by atoms with Gasteiger partial charge in [-0.15, -0.1) is 0 Å². The minimum Gasteiger partial charge on any atom is -0.477 e. The fourth-order valence-electron chi connectivity index (χ4n) is 1.06. The summed E-state index contributed by atoms with van der Waals surface area (Å²) in [6.07, 6.45) is 0.349. The van der Waals surface area contributed by atoms with Crippen molar-refractivity contribution in [2.24, 2.45) is 0 Å². The van der Waals surface area contributed by atoms with Gasteiger partial charge in [0.1, 0.15) is 5.56 Å². The number of nitrogens with zero attached hydrogens (tertiary/aromatic N) is 1. The van der Waals surface area contributed by atoms with E-state index >= 15 is 0 Å². The number of carboxylic acid groups (broad SMARTS) is 1. The summed E-state index contributed by atoms with van der Waals surface area (Å²) in [6, 6.07) is 3.37. The molecule has 16 heavy (non-hydrogen) atoms. The van der Waals surface area contributed by atoms with Gasteiger partial charge in [-0.05, 0) is 18.1 Å². The number of carboxylic acids is 1. The Bertz CT molecular complexity index is 524. The van der Waals surface area contributed by atoms with Crippen LogP contribution in [0.2, 0.25) is 0 Å². The summed E-state index contributed by atoms with van der Waals surface area (Å²) < 4.78 is 0. The first-order chi connectivity index (χ1) is 7.56. The second-order valence-corrected chi connectivity index (χ2v) is 2.68. The summed E-state index contributed by atoms with van der Waals surface area (Å²) >= 11 is 0. The van der Waals surface area contributed by atoms with Crippen LogP contribution in [0.4, 0.5) is 5.69 Å². The third kappa shape index (κ3) is 2.42. The van der Waals surface area contributed by atoms with Gasteiger partial charge in [0.15, 0.2) is 6.29 Å². The molecule has 0 aliphatic heterocycles. The Morgan fingerprint density at radius 3 is 2.69 bits per heavy atom. The molecule has 0 atom stereocenters. The molecule has 0 aliphatic carbocycles. The molecule has 6 nitrogen and oxygen atoms in total. The van der Waals surface area contributed by atoms with E-state index in [0.29, 0.717) is 6.29 Å². The Morgan fingerprint density at radius 1 is 1.50 bits per heavy atom. The molecule has 0 aromatic heterocycles. The van der Waals surface area contributed by atoms with Crippen molar-refractivity contribution in [3.8, 4) is 11.8 Å². The molecule has 1 aromatic rings. The number of hydrogen-bond donors (Lipinski definition) is 1. The Kier molecular flexibility index (Phi) is 3.35. The molecule has 1 rings (SSSR count). The lowest BCUT2D eigenvalue weighted by atomic mass is 10.1. The van der Waals surface area contributed by atoms with E-state index in [1.165, 1.54) is 6.07 Å². The van der Waals surface area contributed by atoms with Gasteiger partial charge in [-0.1, -0.05) is 5.92 Å². The van der Waals surface area contributed by atoms with E-state index in [2.05, 4.69) is 11.8 Å². The van der Waals surface area contributed by atoms with Crippen molar-refractivity contribution >= 4 is 17.9 Å². The van der Waals surface area contributed by atoms with Gasteiger partial charge in [0.2, 0.25) is 0 Å². The number of aldehydes is 1. The van der Waals surface area contributed by atoms with E-state index in [9.17, 15) is 19.7 Å². The summed E-state index contributed by atoms with van der Waals surface area (Å²) in [4.78, 5) is 30.4. The third-order valence-electron chi connectivity index (χ3n) is 1.70. The van der Waals surface area contributed by atoms with E-state index in [4.69, 9.17) is 5.11 Å². The fraction of sp³-hybridized carbons (Fsp3) is 0. The van der Waals surface area contributed by atoms with Crippen molar-refractivity contribution in [2.75, 3.05) is 0 Å². The number of hydrogen-bond acceptors (Lipinski definition) is 4. The van der Waals surface area contributed by atoms with Crippen LogP contribution in [0.15, 0.2) is 18.2 Å². The molecular formula is C10H5NO5. The molecule has 1 aromatic carbocycles. The highest BCUT2D eigenvalue weighted by Crippen LogP contribution is 2.19. The zero-order valence-electron chi connectivity index (χ0n) is 7.84. The van der Waals surface area contributed by atoms with E-state index in [0.717, 1.165) is 12.1 Å². The standard InChI is InChI=1S/C10H5NO5/c12-5-1-2-7-3-4-9(11(15)16)8(6-7)10(13)14/h3-6H,(H,13,14). The predicted molar refractivity (Wildman–Crippen MR) is 53.0 cm³/mol. The van der Waals surface area contributed by atoms with Crippen molar-refractivity contribution in [2.45, 2.75) is 0 Å². The van der Waals surface area contributed by atoms with E-state index in [1.807, 2.05) is 0 Å². The number of nitro benzene ring substituents is 1. The smallest absolute Gasteiger partial charge is 0.342 e. The van der Waals surface area contributed by atoms with Gasteiger partial charge in [-0.2, -0.15) is 0 Å². The molecule has 0 spiro atoms. The highest BCUT2D eigenvalue weighted by molar-refractivity contribution is 5.93. The van der Waals surface area contributed by atoms with Crippen LogP contribution in [-0.2, 0) is 4.79 Å². The van der Waals surface area contributed by atoms with Gasteiger partial charge in [0.25, 0.3) is 5.69 Å². The Labute approximate surface area is 89.7 Å². The number of carbonyl (C=O) groups excluding carboxylic acids is 1. The van der Waals surface area contributed by atoms with E-state index < -0.39 is 22.1 Å². The highest BCUT2D eigenvalue weighted by atomic mass is 16.6. The number of aromatic carboxylic acids is 1. The Hall–Kier alpha value is -2.68. The molecule has 0 unspecified atom stereocenters. The van der Waals surface area contributed by atoms with Crippen LogP contribution >= 0.6 is 0 Å². The van der Waals surface area contributed by atoms with E-state index in [-0.39, 0.29) is 5.56 Å². The molecule has 0 saturated carbocycles. The van der Waals surface area contributed by atoms with E-state index in [1.54, 1.807) is 0 Å². The summed E-state index contributed by atoms with van der Waals surface area (Å²) in [5.74, 6) is 3.02. The molecule has 0 aliphatic rings. The molecule has 0 amide bonds. The van der Waals surface area contributed by atoms with Crippen LogP contribution < -0.4 is 0 Å². The highest BCUT2D eigenvalue weighted by Gasteiger charge is 2.19. The van der Waals surface area contributed by atoms with Crippen LogP contribution in [0.3, 0.4) is 0 Å². The van der Waals surface area contributed by atoms with Crippen LogP contribution in [0.1, 0.15) is 15.9 Å². The van der Waals surface area contributed by atoms with Gasteiger partial charge >= 0.3 is 5.97 Å². The Morgan fingerprint density at radius 2 is 2.19 bits per heavy atom. The zero-order valence-corrected chi connectivity index (χ0v) is 7.84. The summed E-state index contributed by atoms with van der Waals surface area (Å²) in [5, 5.41) is 19.2. The molecular weight excluding hydrogens is 214 g/mol. The van der Waals surface area contributed by atoms with Crippen LogP contribution in [-0.4, -0.2) is 22.3 Å². The SMILES string of the molecule is O=CC#Cc1ccc([N+](=O)[O-])c(C(=O)O)c1. The first-order valence-electron chi connectivity index (χ1n) is 4.03. The van der Waals surface area contributed by atoms with Gasteiger partial charge < -0.3 is 5.11 Å². The van der Waals surface area contributed by atoms with Crippen molar-refractivity contribution in [3.63, 3.8) is 0 Å². The quantitative estimate of drug-likeness (QED) is 0.344. The molecule has 0 radical (unpaired) electrons. The minimum absolute atomic E-state index is 0.232. The second kappa shape index (κ2) is 4.70. The average Bonchev–Trinajstić information content (AvgIpc) is 2.25. The Balaban J connectivity index is 3.33. The molecule has 0 fully saturated rings. The molecule has 80 valence electrons. The third-order valence-corrected chi connectivity index (χ3v) is 1.70. The van der Waals surface area contributed by atoms with Gasteiger partial charge in [-0.3, -0.25) is 14.9 Å². The second-order valence-electron chi connectivity index (χ2n) is 2.68. The fourth-order valence-corrected chi connectivity index (χ4v) is 1.06. The molecule has 0 bridgehead atoms. The first kappa shape index (κ1) is 11.4. The minimum atomic E-state index is -1.42. The summed E-state index contributed by atoms with van der Waals surface area (Å²) in [6.45, 7) is 0. The number of rotatable bonds is 2. The van der Waals surface area contributed by atoms with Gasteiger partial charge in [0, 0.05) is 11.6 Å². The van der Waals surface area contributed by atoms with Crippen LogP contribution in [0, 0.1) is 22.0 Å². The van der Waals surface area contributed by atoms with Crippen molar-refractivity contribution < 1.29 is 19.6 Å².